The van der Waals surface area contributed by atoms with E-state index in [9.17, 15) is 9.59 Å². The summed E-state index contributed by atoms with van der Waals surface area (Å²) in [6, 6.07) is 14.4. The van der Waals surface area contributed by atoms with E-state index in [4.69, 9.17) is 0 Å². The zero-order chi connectivity index (χ0) is 19.9. The minimum Gasteiger partial charge on any atom is -0.372 e. The second-order valence-electron chi connectivity index (χ2n) is 7.49. The third-order valence-corrected chi connectivity index (χ3v) is 5.18. The Balaban J connectivity index is 1.40. The SMILES string of the molecule is Cc1ccc(C)c(NC(=O)C(=O)NCCCc2ccc(N3CCCC3)cc2)c1. The minimum absolute atomic E-state index is 0.479. The van der Waals surface area contributed by atoms with E-state index in [2.05, 4.69) is 39.8 Å². The Morgan fingerprint density at radius 3 is 2.39 bits per heavy atom. The van der Waals surface area contributed by atoms with Gasteiger partial charge in [-0.05, 0) is 74.4 Å². The number of aryl methyl sites for hydroxylation is 3. The Hall–Kier alpha value is -2.82. The van der Waals surface area contributed by atoms with Crippen molar-refractivity contribution in [3.8, 4) is 0 Å². The average Bonchev–Trinajstić information content (AvgIpc) is 3.23. The van der Waals surface area contributed by atoms with Crippen LogP contribution in [0.1, 0.15) is 36.0 Å². The molecule has 0 aromatic heterocycles. The van der Waals surface area contributed by atoms with E-state index >= 15 is 0 Å². The van der Waals surface area contributed by atoms with Crippen LogP contribution in [0.4, 0.5) is 11.4 Å². The Morgan fingerprint density at radius 2 is 1.68 bits per heavy atom. The predicted molar refractivity (Wildman–Crippen MR) is 114 cm³/mol. The van der Waals surface area contributed by atoms with Crippen LogP contribution in [0.25, 0.3) is 0 Å². The summed E-state index contributed by atoms with van der Waals surface area (Å²) in [4.78, 5) is 26.5. The molecule has 0 saturated carbocycles. The van der Waals surface area contributed by atoms with Crippen molar-refractivity contribution in [3.05, 3.63) is 59.2 Å². The molecule has 1 fully saturated rings. The number of carbonyl (C=O) groups is 2. The van der Waals surface area contributed by atoms with E-state index in [0.29, 0.717) is 12.2 Å². The number of hydrogen-bond acceptors (Lipinski definition) is 3. The maximum atomic E-state index is 12.1. The molecule has 5 nitrogen and oxygen atoms in total. The van der Waals surface area contributed by atoms with E-state index < -0.39 is 11.8 Å². The van der Waals surface area contributed by atoms with Crippen LogP contribution >= 0.6 is 0 Å². The molecule has 1 aliphatic rings. The van der Waals surface area contributed by atoms with Gasteiger partial charge in [0.05, 0.1) is 0 Å². The third kappa shape index (κ3) is 5.35. The lowest BCUT2D eigenvalue weighted by Crippen LogP contribution is -2.36. The van der Waals surface area contributed by atoms with E-state index in [1.165, 1.54) is 24.1 Å². The number of hydrogen-bond donors (Lipinski definition) is 2. The van der Waals surface area contributed by atoms with Crippen LogP contribution in [0.15, 0.2) is 42.5 Å². The number of nitrogens with zero attached hydrogens (tertiary/aromatic N) is 1. The monoisotopic (exact) mass is 379 g/mol. The second kappa shape index (κ2) is 9.40. The van der Waals surface area contributed by atoms with E-state index in [-0.39, 0.29) is 0 Å². The highest BCUT2D eigenvalue weighted by Crippen LogP contribution is 2.20. The van der Waals surface area contributed by atoms with Gasteiger partial charge in [-0.15, -0.1) is 0 Å². The first kappa shape index (κ1) is 19.9. The molecule has 2 amide bonds. The quantitative estimate of drug-likeness (QED) is 0.596. The summed E-state index contributed by atoms with van der Waals surface area (Å²) in [7, 11) is 0. The van der Waals surface area contributed by atoms with Crippen LogP contribution in [0.3, 0.4) is 0 Å². The van der Waals surface area contributed by atoms with E-state index in [0.717, 1.165) is 37.1 Å². The first-order valence-electron chi connectivity index (χ1n) is 10.0. The number of anilines is 2. The van der Waals surface area contributed by atoms with Gasteiger partial charge in [-0.1, -0.05) is 24.3 Å². The molecule has 3 rings (SSSR count). The van der Waals surface area contributed by atoms with Crippen LogP contribution in [0.5, 0.6) is 0 Å². The fraction of sp³-hybridized carbons (Fsp3) is 0.391. The summed E-state index contributed by atoms with van der Waals surface area (Å²) in [5.74, 6) is -1.21. The molecule has 1 heterocycles. The predicted octanol–water partition coefficient (Wildman–Crippen LogP) is 3.59. The van der Waals surface area contributed by atoms with Gasteiger partial charge in [0.25, 0.3) is 0 Å². The molecule has 0 spiro atoms. The first-order chi connectivity index (χ1) is 13.5. The Labute approximate surface area is 167 Å². The number of carbonyl (C=O) groups excluding carboxylic acids is 2. The molecule has 148 valence electrons. The Morgan fingerprint density at radius 1 is 0.964 bits per heavy atom. The molecule has 2 aromatic rings. The first-order valence-corrected chi connectivity index (χ1v) is 10.0. The highest BCUT2D eigenvalue weighted by atomic mass is 16.2. The van der Waals surface area contributed by atoms with Gasteiger partial charge in [0.1, 0.15) is 0 Å². The van der Waals surface area contributed by atoms with Crippen molar-refractivity contribution in [2.24, 2.45) is 0 Å². The van der Waals surface area contributed by atoms with Gasteiger partial charge in [0.15, 0.2) is 0 Å². The maximum absolute atomic E-state index is 12.1. The molecule has 0 atom stereocenters. The average molecular weight is 380 g/mol. The van der Waals surface area contributed by atoms with Gasteiger partial charge >= 0.3 is 11.8 Å². The van der Waals surface area contributed by atoms with Crippen molar-refractivity contribution in [2.45, 2.75) is 39.5 Å². The highest BCUT2D eigenvalue weighted by Gasteiger charge is 2.14. The topological polar surface area (TPSA) is 61.4 Å². The number of nitrogens with one attached hydrogen (secondary N) is 2. The molecule has 28 heavy (non-hydrogen) atoms. The van der Waals surface area contributed by atoms with Crippen molar-refractivity contribution in [2.75, 3.05) is 29.9 Å². The van der Waals surface area contributed by atoms with Crippen LogP contribution in [-0.2, 0) is 16.0 Å². The zero-order valence-corrected chi connectivity index (χ0v) is 16.8. The summed E-state index contributed by atoms with van der Waals surface area (Å²) in [6.07, 6.45) is 4.22. The van der Waals surface area contributed by atoms with Crippen LogP contribution in [0.2, 0.25) is 0 Å². The van der Waals surface area contributed by atoms with Crippen molar-refractivity contribution < 1.29 is 9.59 Å². The standard InChI is InChI=1S/C23H29N3O2/c1-17-7-8-18(2)21(16-17)25-23(28)22(27)24-13-5-6-19-9-11-20(12-10-19)26-14-3-4-15-26/h7-12,16H,3-6,13-15H2,1-2H3,(H,24,27)(H,25,28). The smallest absolute Gasteiger partial charge is 0.313 e. The summed E-state index contributed by atoms with van der Waals surface area (Å²) < 4.78 is 0. The fourth-order valence-electron chi connectivity index (χ4n) is 3.47. The second-order valence-corrected chi connectivity index (χ2v) is 7.49. The van der Waals surface area contributed by atoms with E-state index in [1.807, 2.05) is 32.0 Å². The van der Waals surface area contributed by atoms with Gasteiger partial charge < -0.3 is 15.5 Å². The number of benzene rings is 2. The molecular formula is C23H29N3O2. The third-order valence-electron chi connectivity index (χ3n) is 5.18. The summed E-state index contributed by atoms with van der Waals surface area (Å²) in [5, 5.41) is 5.39. The molecule has 0 unspecified atom stereocenters. The molecule has 1 saturated heterocycles. The summed E-state index contributed by atoms with van der Waals surface area (Å²) in [6.45, 7) is 6.63. The van der Waals surface area contributed by atoms with Gasteiger partial charge in [-0.25, -0.2) is 0 Å². The molecule has 5 heteroatoms. The Bertz CT molecular complexity index is 824. The fourth-order valence-corrected chi connectivity index (χ4v) is 3.47. The van der Waals surface area contributed by atoms with Gasteiger partial charge in [-0.2, -0.15) is 0 Å². The van der Waals surface area contributed by atoms with Gasteiger partial charge in [0.2, 0.25) is 0 Å². The lowest BCUT2D eigenvalue weighted by atomic mass is 10.1. The molecule has 2 aromatic carbocycles. The summed E-state index contributed by atoms with van der Waals surface area (Å²) >= 11 is 0. The lowest BCUT2D eigenvalue weighted by Gasteiger charge is -2.17. The maximum Gasteiger partial charge on any atom is 0.313 e. The molecule has 1 aliphatic heterocycles. The van der Waals surface area contributed by atoms with Crippen LogP contribution < -0.4 is 15.5 Å². The van der Waals surface area contributed by atoms with Gasteiger partial charge in [0, 0.05) is 31.0 Å². The van der Waals surface area contributed by atoms with Crippen LogP contribution in [0, 0.1) is 13.8 Å². The van der Waals surface area contributed by atoms with Crippen LogP contribution in [-0.4, -0.2) is 31.4 Å². The number of rotatable bonds is 6. The largest absolute Gasteiger partial charge is 0.372 e. The molecule has 0 aliphatic carbocycles. The minimum atomic E-state index is -0.622. The normalized spacial score (nSPS) is 13.4. The molecule has 2 N–H and O–H groups in total. The molecule has 0 radical (unpaired) electrons. The van der Waals surface area contributed by atoms with Crippen molar-refractivity contribution >= 4 is 23.2 Å². The Kier molecular flexibility index (Phi) is 6.69. The zero-order valence-electron chi connectivity index (χ0n) is 16.8. The van der Waals surface area contributed by atoms with E-state index in [1.54, 1.807) is 0 Å². The molecule has 0 bridgehead atoms. The van der Waals surface area contributed by atoms with Crippen molar-refractivity contribution in [1.82, 2.24) is 5.32 Å². The van der Waals surface area contributed by atoms with Crippen molar-refractivity contribution in [1.29, 1.82) is 0 Å². The lowest BCUT2D eigenvalue weighted by molar-refractivity contribution is -0.136. The van der Waals surface area contributed by atoms with Crippen molar-refractivity contribution in [3.63, 3.8) is 0 Å². The molecular weight excluding hydrogens is 350 g/mol. The number of amides is 2. The highest BCUT2D eigenvalue weighted by molar-refractivity contribution is 6.39. The summed E-state index contributed by atoms with van der Waals surface area (Å²) in [5.41, 5.74) is 5.19. The van der Waals surface area contributed by atoms with Gasteiger partial charge in [-0.3, -0.25) is 9.59 Å².